The largest absolute Gasteiger partial charge is 0.469 e. The predicted molar refractivity (Wildman–Crippen MR) is 43.9 cm³/mol. The molecule has 1 aromatic rings. The molecule has 1 aliphatic rings. The summed E-state index contributed by atoms with van der Waals surface area (Å²) in [7, 11) is 0. The summed E-state index contributed by atoms with van der Waals surface area (Å²) in [6.07, 6.45) is -0.128. The lowest BCUT2D eigenvalue weighted by molar-refractivity contribution is -0.0812. The number of pyridine rings is 1. The molecule has 1 aromatic heterocycles. The van der Waals surface area contributed by atoms with Gasteiger partial charge < -0.3 is 15.2 Å². The van der Waals surface area contributed by atoms with E-state index in [-0.39, 0.29) is 35.9 Å². The van der Waals surface area contributed by atoms with Gasteiger partial charge in [0.1, 0.15) is 11.9 Å². The molecule has 2 N–H and O–H groups in total. The molecular formula is C8H10N2O2. The Kier molecular flexibility index (Phi) is 1.16. The molecular weight excluding hydrogens is 156 g/mol. The zero-order valence-electron chi connectivity index (χ0n) is 9.33. The molecule has 0 saturated carbocycles. The number of hydrogen-bond donors (Lipinski definition) is 1. The normalized spacial score (nSPS) is 20.5. The lowest BCUT2D eigenvalue weighted by Crippen LogP contribution is -2.38. The molecule has 12 heavy (non-hydrogen) atoms. The highest BCUT2D eigenvalue weighted by molar-refractivity contribution is 5.31. The zero-order valence-corrected chi connectivity index (χ0v) is 6.33. The Morgan fingerprint density at radius 1 is 1.67 bits per heavy atom. The van der Waals surface area contributed by atoms with Gasteiger partial charge in [0.25, 0.3) is 0 Å². The van der Waals surface area contributed by atoms with Gasteiger partial charge in [-0.05, 0) is 6.04 Å². The summed E-state index contributed by atoms with van der Waals surface area (Å²) in [5.74, 6) is -0.0898. The minimum Gasteiger partial charge on any atom is -0.469 e. The third-order valence-corrected chi connectivity index (χ3v) is 1.47. The van der Waals surface area contributed by atoms with Crippen LogP contribution in [0.15, 0.2) is 18.1 Å². The molecule has 0 amide bonds. The first kappa shape index (κ1) is 4.67. The van der Waals surface area contributed by atoms with Crippen LogP contribution in [0, 0.1) is 0 Å². The second-order valence-corrected chi connectivity index (χ2v) is 2.45. The monoisotopic (exact) mass is 169 g/mol. The molecule has 0 spiro atoms. The number of anilines is 1. The highest BCUT2D eigenvalue weighted by Gasteiger charge is 2.20. The van der Waals surface area contributed by atoms with E-state index < -0.39 is 0 Å². The topological polar surface area (TPSA) is 57.4 Å². The summed E-state index contributed by atoms with van der Waals surface area (Å²) >= 11 is 0. The molecule has 0 aliphatic carbocycles. The van der Waals surface area contributed by atoms with Gasteiger partial charge in [-0.15, -0.1) is 0 Å². The van der Waals surface area contributed by atoms with Crippen molar-refractivity contribution in [1.82, 2.24) is 4.98 Å². The van der Waals surface area contributed by atoms with Gasteiger partial charge in [0.15, 0.2) is 0 Å². The van der Waals surface area contributed by atoms with Crippen molar-refractivity contribution in [1.29, 1.82) is 0 Å². The number of rotatable bonds is 2. The first-order valence-electron chi connectivity index (χ1n) is 5.07. The molecule has 0 aromatic carbocycles. The van der Waals surface area contributed by atoms with Gasteiger partial charge in [-0.2, -0.15) is 4.98 Å². The van der Waals surface area contributed by atoms with E-state index in [1.807, 2.05) is 0 Å². The van der Waals surface area contributed by atoms with Crippen molar-refractivity contribution in [2.24, 2.45) is 0 Å². The standard InChI is InChI=1S/C8H10N2O2/c9-7-2-1-3-8(10-7)12-6-4-11-5-6/h1-3,6H,4-5H2,(H2,9,10)/i1D,2D,3D. The Morgan fingerprint density at radius 2 is 2.50 bits per heavy atom. The Labute approximate surface area is 74.5 Å². The first-order chi connectivity index (χ1) is 7.09. The van der Waals surface area contributed by atoms with Crippen molar-refractivity contribution in [3.8, 4) is 5.88 Å². The molecule has 2 heterocycles. The van der Waals surface area contributed by atoms with Crippen LogP contribution in [-0.4, -0.2) is 24.3 Å². The minimum atomic E-state index is -0.266. The van der Waals surface area contributed by atoms with Crippen LogP contribution in [0.2, 0.25) is 0 Å². The summed E-state index contributed by atoms with van der Waals surface area (Å²) < 4.78 is 32.5. The molecule has 0 atom stereocenters. The molecule has 4 nitrogen and oxygen atoms in total. The fraction of sp³-hybridized carbons (Fsp3) is 0.375. The zero-order chi connectivity index (χ0) is 11.0. The van der Waals surface area contributed by atoms with Crippen molar-refractivity contribution in [2.75, 3.05) is 18.9 Å². The SMILES string of the molecule is [2H]c1c(N)nc(OC2COC2)c([2H])c1[2H]. The van der Waals surface area contributed by atoms with Gasteiger partial charge in [-0.1, -0.05) is 6.04 Å². The van der Waals surface area contributed by atoms with Crippen LogP contribution in [0.3, 0.4) is 0 Å². The molecule has 0 radical (unpaired) electrons. The molecule has 1 saturated heterocycles. The van der Waals surface area contributed by atoms with Crippen LogP contribution >= 0.6 is 0 Å². The Morgan fingerprint density at radius 3 is 3.17 bits per heavy atom. The maximum absolute atomic E-state index is 7.53. The summed E-state index contributed by atoms with van der Waals surface area (Å²) in [6, 6.07) is -0.712. The molecule has 64 valence electrons. The van der Waals surface area contributed by atoms with Crippen molar-refractivity contribution >= 4 is 5.82 Å². The fourth-order valence-corrected chi connectivity index (χ4v) is 0.810. The van der Waals surface area contributed by atoms with Crippen LogP contribution in [0.25, 0.3) is 0 Å². The van der Waals surface area contributed by atoms with E-state index >= 15 is 0 Å². The first-order valence-corrected chi connectivity index (χ1v) is 3.57. The van der Waals surface area contributed by atoms with Gasteiger partial charge in [0.2, 0.25) is 5.88 Å². The van der Waals surface area contributed by atoms with E-state index in [9.17, 15) is 0 Å². The quantitative estimate of drug-likeness (QED) is 0.698. The van der Waals surface area contributed by atoms with Crippen molar-refractivity contribution in [3.05, 3.63) is 18.1 Å². The maximum atomic E-state index is 7.53. The van der Waals surface area contributed by atoms with Crippen LogP contribution in [-0.2, 0) is 4.74 Å². The average Bonchev–Trinajstić information content (AvgIpc) is 2.15. The van der Waals surface area contributed by atoms with Gasteiger partial charge in [-0.3, -0.25) is 0 Å². The average molecular weight is 169 g/mol. The fourth-order valence-electron chi connectivity index (χ4n) is 0.810. The van der Waals surface area contributed by atoms with Crippen molar-refractivity contribution < 1.29 is 13.6 Å². The van der Waals surface area contributed by atoms with E-state index in [2.05, 4.69) is 4.98 Å². The smallest absolute Gasteiger partial charge is 0.215 e. The highest BCUT2D eigenvalue weighted by Crippen LogP contribution is 2.13. The Bertz CT molecular complexity index is 396. The number of nitrogens with two attached hydrogens (primary N) is 1. The van der Waals surface area contributed by atoms with E-state index in [4.69, 9.17) is 19.3 Å². The van der Waals surface area contributed by atoms with Gasteiger partial charge in [-0.25, -0.2) is 0 Å². The predicted octanol–water partition coefficient (Wildman–Crippen LogP) is 0.441. The number of nitrogen functional groups attached to an aromatic ring is 1. The van der Waals surface area contributed by atoms with Gasteiger partial charge >= 0.3 is 0 Å². The third kappa shape index (κ3) is 1.48. The van der Waals surface area contributed by atoms with Crippen LogP contribution in [0.5, 0.6) is 5.88 Å². The van der Waals surface area contributed by atoms with Gasteiger partial charge in [0.05, 0.1) is 17.3 Å². The van der Waals surface area contributed by atoms with Crippen LogP contribution in [0.4, 0.5) is 5.82 Å². The number of hydrogen-bond acceptors (Lipinski definition) is 4. The second kappa shape index (κ2) is 2.98. The maximum Gasteiger partial charge on any atom is 0.215 e. The molecule has 4 heteroatoms. The number of nitrogens with zero attached hydrogens (tertiary/aromatic N) is 1. The number of ether oxygens (including phenoxy) is 2. The van der Waals surface area contributed by atoms with E-state index in [0.29, 0.717) is 13.2 Å². The summed E-state index contributed by atoms with van der Waals surface area (Å²) in [4.78, 5) is 3.76. The highest BCUT2D eigenvalue weighted by atomic mass is 16.6. The minimum absolute atomic E-state index is 0.00167. The van der Waals surface area contributed by atoms with Crippen molar-refractivity contribution in [3.63, 3.8) is 0 Å². The number of aromatic nitrogens is 1. The summed E-state index contributed by atoms with van der Waals surface area (Å²) in [6.45, 7) is 0.911. The lowest BCUT2D eigenvalue weighted by Gasteiger charge is -2.25. The Hall–Kier alpha value is -1.29. The van der Waals surface area contributed by atoms with E-state index in [1.54, 1.807) is 0 Å². The van der Waals surface area contributed by atoms with Crippen molar-refractivity contribution in [2.45, 2.75) is 6.10 Å². The molecule has 0 unspecified atom stereocenters. The van der Waals surface area contributed by atoms with Crippen LogP contribution < -0.4 is 10.5 Å². The lowest BCUT2D eigenvalue weighted by atomic mass is 10.3. The molecule has 1 aliphatic heterocycles. The van der Waals surface area contributed by atoms with Crippen LogP contribution in [0.1, 0.15) is 4.11 Å². The molecule has 0 bridgehead atoms. The summed E-state index contributed by atoms with van der Waals surface area (Å²) in [5, 5.41) is 0. The van der Waals surface area contributed by atoms with E-state index in [0.717, 1.165) is 0 Å². The second-order valence-electron chi connectivity index (χ2n) is 2.45. The molecule has 1 fully saturated rings. The Balaban J connectivity index is 2.30. The molecule has 2 rings (SSSR count). The third-order valence-electron chi connectivity index (χ3n) is 1.47. The van der Waals surface area contributed by atoms with Gasteiger partial charge in [0, 0.05) is 6.04 Å². The summed E-state index contributed by atoms with van der Waals surface area (Å²) in [5.41, 5.74) is 5.41. The van der Waals surface area contributed by atoms with E-state index in [1.165, 1.54) is 0 Å².